The van der Waals surface area contributed by atoms with Crippen LogP contribution in [0.15, 0.2) is 0 Å². The van der Waals surface area contributed by atoms with Gasteiger partial charge in [0.2, 0.25) is 5.91 Å². The number of rotatable bonds is 4. The van der Waals surface area contributed by atoms with E-state index in [0.717, 1.165) is 5.01 Å². The van der Waals surface area contributed by atoms with Crippen LogP contribution in [0.2, 0.25) is 0 Å². The van der Waals surface area contributed by atoms with Gasteiger partial charge in [0.25, 0.3) is 5.91 Å². The Morgan fingerprint density at radius 1 is 1.35 bits per heavy atom. The number of amides is 2. The van der Waals surface area contributed by atoms with E-state index in [-0.39, 0.29) is 24.4 Å². The average molecular weight is 255 g/mol. The van der Waals surface area contributed by atoms with Gasteiger partial charge < -0.3 is 10.6 Å². The molecule has 1 rings (SSSR count). The van der Waals surface area contributed by atoms with Crippen molar-refractivity contribution in [2.24, 2.45) is 0 Å². The molecule has 0 bridgehead atoms. The predicted octanol–water partition coefficient (Wildman–Crippen LogP) is 1.01. The molecule has 2 amide bonds. The molecule has 0 fully saturated rings. The fourth-order valence-corrected chi connectivity index (χ4v) is 2.19. The van der Waals surface area contributed by atoms with Gasteiger partial charge in [-0.3, -0.25) is 9.59 Å². The van der Waals surface area contributed by atoms with Crippen LogP contribution in [0.25, 0.3) is 0 Å². The molecule has 94 valence electrons. The maximum atomic E-state index is 11.7. The number of hydrogen-bond donors (Lipinski definition) is 2. The SMILES string of the molecule is Cc1nc(C)c(C(=O)NCC(=O)NC(C)C)s1. The maximum Gasteiger partial charge on any atom is 0.263 e. The molecule has 1 heterocycles. The van der Waals surface area contributed by atoms with Crippen LogP contribution in [0.4, 0.5) is 0 Å². The number of nitrogens with zero attached hydrogens (tertiary/aromatic N) is 1. The second-order valence-electron chi connectivity index (χ2n) is 4.05. The van der Waals surface area contributed by atoms with Gasteiger partial charge in [-0.05, 0) is 27.7 Å². The highest BCUT2D eigenvalue weighted by Crippen LogP contribution is 2.16. The molecule has 5 nitrogen and oxygen atoms in total. The fraction of sp³-hybridized carbons (Fsp3) is 0.545. The van der Waals surface area contributed by atoms with Crippen LogP contribution in [0.1, 0.15) is 34.2 Å². The molecule has 0 aliphatic rings. The third kappa shape index (κ3) is 4.14. The van der Waals surface area contributed by atoms with Crippen molar-refractivity contribution in [3.8, 4) is 0 Å². The Hall–Kier alpha value is -1.43. The van der Waals surface area contributed by atoms with Crippen molar-refractivity contribution in [2.45, 2.75) is 33.7 Å². The number of carbonyl (C=O) groups is 2. The van der Waals surface area contributed by atoms with Crippen LogP contribution in [-0.4, -0.2) is 29.4 Å². The zero-order valence-corrected chi connectivity index (χ0v) is 11.3. The summed E-state index contributed by atoms with van der Waals surface area (Å²) in [4.78, 5) is 27.8. The van der Waals surface area contributed by atoms with E-state index >= 15 is 0 Å². The topological polar surface area (TPSA) is 71.1 Å². The highest BCUT2D eigenvalue weighted by Gasteiger charge is 2.14. The van der Waals surface area contributed by atoms with Crippen molar-refractivity contribution >= 4 is 23.2 Å². The van der Waals surface area contributed by atoms with Crippen molar-refractivity contribution in [1.29, 1.82) is 0 Å². The number of aryl methyl sites for hydroxylation is 2. The quantitative estimate of drug-likeness (QED) is 0.843. The lowest BCUT2D eigenvalue weighted by atomic mass is 10.3. The van der Waals surface area contributed by atoms with Crippen molar-refractivity contribution in [3.63, 3.8) is 0 Å². The summed E-state index contributed by atoms with van der Waals surface area (Å²) in [6.07, 6.45) is 0. The molecule has 1 aromatic rings. The molecular weight excluding hydrogens is 238 g/mol. The highest BCUT2D eigenvalue weighted by atomic mass is 32.1. The third-order valence-corrected chi connectivity index (χ3v) is 3.04. The van der Waals surface area contributed by atoms with Gasteiger partial charge in [-0.1, -0.05) is 0 Å². The minimum Gasteiger partial charge on any atom is -0.352 e. The molecule has 0 saturated heterocycles. The van der Waals surface area contributed by atoms with Gasteiger partial charge in [-0.25, -0.2) is 4.98 Å². The lowest BCUT2D eigenvalue weighted by Gasteiger charge is -2.08. The van der Waals surface area contributed by atoms with Crippen LogP contribution in [0.5, 0.6) is 0 Å². The lowest BCUT2D eigenvalue weighted by molar-refractivity contribution is -0.120. The number of carbonyl (C=O) groups excluding carboxylic acids is 2. The standard InChI is InChI=1S/C11H17N3O2S/c1-6(2)13-9(15)5-12-11(16)10-7(3)14-8(4)17-10/h6H,5H2,1-4H3,(H,12,16)(H,13,15). The molecule has 0 saturated carbocycles. The summed E-state index contributed by atoms with van der Waals surface area (Å²) in [6.45, 7) is 7.37. The average Bonchev–Trinajstić information content (AvgIpc) is 2.53. The molecule has 17 heavy (non-hydrogen) atoms. The fourth-order valence-electron chi connectivity index (χ4n) is 1.36. The molecule has 0 unspecified atom stereocenters. The Morgan fingerprint density at radius 2 is 2.00 bits per heavy atom. The Bertz CT molecular complexity index is 426. The van der Waals surface area contributed by atoms with Gasteiger partial charge in [0, 0.05) is 6.04 Å². The first-order chi connectivity index (χ1) is 7.90. The predicted molar refractivity (Wildman–Crippen MR) is 67.2 cm³/mol. The number of aromatic nitrogens is 1. The van der Waals surface area contributed by atoms with Crippen molar-refractivity contribution < 1.29 is 9.59 Å². The minimum absolute atomic E-state index is 0.00655. The van der Waals surface area contributed by atoms with E-state index in [9.17, 15) is 9.59 Å². The van der Waals surface area contributed by atoms with E-state index in [1.807, 2.05) is 20.8 Å². The molecule has 6 heteroatoms. The first kappa shape index (κ1) is 13.6. The van der Waals surface area contributed by atoms with Crippen molar-refractivity contribution in [3.05, 3.63) is 15.6 Å². The van der Waals surface area contributed by atoms with E-state index in [1.165, 1.54) is 11.3 Å². The van der Waals surface area contributed by atoms with Gasteiger partial charge in [-0.2, -0.15) is 0 Å². The first-order valence-electron chi connectivity index (χ1n) is 5.41. The van der Waals surface area contributed by atoms with Crippen LogP contribution in [0, 0.1) is 13.8 Å². The van der Waals surface area contributed by atoms with Crippen molar-refractivity contribution in [2.75, 3.05) is 6.54 Å². The molecule has 0 aliphatic heterocycles. The largest absolute Gasteiger partial charge is 0.352 e. The van der Waals surface area contributed by atoms with Crippen LogP contribution in [0.3, 0.4) is 0 Å². The number of hydrogen-bond acceptors (Lipinski definition) is 4. The van der Waals surface area contributed by atoms with Gasteiger partial charge in [0.1, 0.15) is 4.88 Å². The molecule has 1 aromatic heterocycles. The molecule has 0 radical (unpaired) electrons. The minimum atomic E-state index is -0.244. The summed E-state index contributed by atoms with van der Waals surface area (Å²) in [5, 5.41) is 6.13. The Kier molecular flexibility index (Phi) is 4.62. The van der Waals surface area contributed by atoms with Gasteiger partial charge in [0.05, 0.1) is 17.2 Å². The smallest absolute Gasteiger partial charge is 0.263 e. The lowest BCUT2D eigenvalue weighted by Crippen LogP contribution is -2.39. The Labute approximate surface area is 105 Å². The highest BCUT2D eigenvalue weighted by molar-refractivity contribution is 7.13. The summed E-state index contributed by atoms with van der Waals surface area (Å²) in [7, 11) is 0. The van der Waals surface area contributed by atoms with Gasteiger partial charge in [-0.15, -0.1) is 11.3 Å². The van der Waals surface area contributed by atoms with Crippen molar-refractivity contribution in [1.82, 2.24) is 15.6 Å². The van der Waals surface area contributed by atoms with E-state index in [2.05, 4.69) is 15.6 Å². The molecule has 0 aliphatic carbocycles. The Balaban J connectivity index is 2.50. The second-order valence-corrected chi connectivity index (χ2v) is 5.26. The molecular formula is C11H17N3O2S. The van der Waals surface area contributed by atoms with E-state index in [4.69, 9.17) is 0 Å². The second kappa shape index (κ2) is 5.77. The van der Waals surface area contributed by atoms with Crippen LogP contribution in [-0.2, 0) is 4.79 Å². The normalized spacial score (nSPS) is 10.4. The summed E-state index contributed by atoms with van der Waals surface area (Å²) < 4.78 is 0. The summed E-state index contributed by atoms with van der Waals surface area (Å²) in [6, 6.07) is 0.0757. The van der Waals surface area contributed by atoms with Gasteiger partial charge >= 0.3 is 0 Å². The summed E-state index contributed by atoms with van der Waals surface area (Å²) >= 11 is 1.33. The number of thiazole rings is 1. The first-order valence-corrected chi connectivity index (χ1v) is 6.23. The van der Waals surface area contributed by atoms with E-state index < -0.39 is 0 Å². The molecule has 0 aromatic carbocycles. The zero-order valence-electron chi connectivity index (χ0n) is 10.5. The van der Waals surface area contributed by atoms with Crippen LogP contribution >= 0.6 is 11.3 Å². The monoisotopic (exact) mass is 255 g/mol. The van der Waals surface area contributed by atoms with E-state index in [1.54, 1.807) is 6.92 Å². The number of nitrogens with one attached hydrogen (secondary N) is 2. The zero-order chi connectivity index (χ0) is 13.0. The Morgan fingerprint density at radius 3 is 2.47 bits per heavy atom. The molecule has 0 atom stereocenters. The summed E-state index contributed by atoms with van der Waals surface area (Å²) in [5.74, 6) is -0.431. The molecule has 2 N–H and O–H groups in total. The van der Waals surface area contributed by atoms with E-state index in [0.29, 0.717) is 10.6 Å². The summed E-state index contributed by atoms with van der Waals surface area (Å²) in [5.41, 5.74) is 0.703. The molecule has 0 spiro atoms. The maximum absolute atomic E-state index is 11.7. The van der Waals surface area contributed by atoms with Crippen LogP contribution < -0.4 is 10.6 Å². The third-order valence-electron chi connectivity index (χ3n) is 1.97. The van der Waals surface area contributed by atoms with Gasteiger partial charge in [0.15, 0.2) is 0 Å².